The molecule has 0 bridgehead atoms. The zero-order chi connectivity index (χ0) is 13.8. The van der Waals surface area contributed by atoms with Crippen LogP contribution in [-0.2, 0) is 17.6 Å². The molecule has 0 aliphatic heterocycles. The zero-order valence-corrected chi connectivity index (χ0v) is 12.0. The lowest BCUT2D eigenvalue weighted by Gasteiger charge is -2.07. The Bertz CT molecular complexity index is 585. The first kappa shape index (κ1) is 13.8. The van der Waals surface area contributed by atoms with E-state index in [1.165, 1.54) is 11.1 Å². The molecule has 98 valence electrons. The Morgan fingerprint density at radius 2 is 1.68 bits per heavy atom. The fraction of sp³-hybridized carbons (Fsp3) is 0.235. The standard InChI is InChI=1S/C17H17ClO/c1-12-3-4-13(2)15(9-12)11-17(19)10-14-5-7-16(18)8-6-14/h3-9H,10-11H2,1-2H3. The molecule has 0 atom stereocenters. The summed E-state index contributed by atoms with van der Waals surface area (Å²) in [5, 5.41) is 0.700. The van der Waals surface area contributed by atoms with Gasteiger partial charge in [0.2, 0.25) is 0 Å². The fourth-order valence-corrected chi connectivity index (χ4v) is 2.22. The Labute approximate surface area is 119 Å². The summed E-state index contributed by atoms with van der Waals surface area (Å²) >= 11 is 5.83. The number of halogens is 1. The van der Waals surface area contributed by atoms with Gasteiger partial charge in [0.1, 0.15) is 5.78 Å². The van der Waals surface area contributed by atoms with Gasteiger partial charge in [-0.1, -0.05) is 47.5 Å². The van der Waals surface area contributed by atoms with Gasteiger partial charge in [-0.25, -0.2) is 0 Å². The Hall–Kier alpha value is -1.60. The molecule has 0 radical (unpaired) electrons. The average molecular weight is 273 g/mol. The molecule has 19 heavy (non-hydrogen) atoms. The summed E-state index contributed by atoms with van der Waals surface area (Å²) in [5.74, 6) is 0.232. The van der Waals surface area contributed by atoms with Crippen molar-refractivity contribution in [1.82, 2.24) is 0 Å². The van der Waals surface area contributed by atoms with E-state index < -0.39 is 0 Å². The molecule has 0 unspecified atom stereocenters. The minimum absolute atomic E-state index is 0.232. The number of carbonyl (C=O) groups is 1. The summed E-state index contributed by atoms with van der Waals surface area (Å²) in [4.78, 5) is 12.1. The quantitative estimate of drug-likeness (QED) is 0.810. The van der Waals surface area contributed by atoms with Crippen molar-refractivity contribution in [2.75, 3.05) is 0 Å². The second-order valence-corrected chi connectivity index (χ2v) is 5.39. The second-order valence-electron chi connectivity index (χ2n) is 4.95. The molecule has 0 aliphatic rings. The van der Waals surface area contributed by atoms with Crippen LogP contribution in [0.3, 0.4) is 0 Å². The third kappa shape index (κ3) is 3.93. The van der Waals surface area contributed by atoms with E-state index in [1.54, 1.807) is 0 Å². The highest BCUT2D eigenvalue weighted by Crippen LogP contribution is 2.14. The Morgan fingerprint density at radius 1 is 1.00 bits per heavy atom. The summed E-state index contributed by atoms with van der Waals surface area (Å²) in [6.45, 7) is 4.09. The highest BCUT2D eigenvalue weighted by Gasteiger charge is 2.07. The van der Waals surface area contributed by atoms with Crippen LogP contribution in [0.15, 0.2) is 42.5 Å². The number of Topliss-reactive ketones (excluding diaryl/α,β-unsaturated/α-hetero) is 1. The average Bonchev–Trinajstić information content (AvgIpc) is 2.37. The van der Waals surface area contributed by atoms with Crippen LogP contribution in [0.5, 0.6) is 0 Å². The molecule has 2 aromatic rings. The largest absolute Gasteiger partial charge is 0.299 e. The van der Waals surface area contributed by atoms with Crippen molar-refractivity contribution in [3.8, 4) is 0 Å². The van der Waals surface area contributed by atoms with Gasteiger partial charge in [0.05, 0.1) is 0 Å². The minimum atomic E-state index is 0.232. The molecule has 2 heteroatoms. The molecule has 0 N–H and O–H groups in total. The van der Waals surface area contributed by atoms with Crippen LogP contribution in [-0.4, -0.2) is 5.78 Å². The van der Waals surface area contributed by atoms with Crippen molar-refractivity contribution in [3.05, 3.63) is 69.7 Å². The number of benzene rings is 2. The molecule has 0 aliphatic carbocycles. The monoisotopic (exact) mass is 272 g/mol. The maximum Gasteiger partial charge on any atom is 0.141 e. The van der Waals surface area contributed by atoms with Gasteiger partial charge >= 0.3 is 0 Å². The smallest absolute Gasteiger partial charge is 0.141 e. The lowest BCUT2D eigenvalue weighted by atomic mass is 9.98. The van der Waals surface area contributed by atoms with E-state index >= 15 is 0 Å². The van der Waals surface area contributed by atoms with E-state index in [0.717, 1.165) is 11.1 Å². The summed E-state index contributed by atoms with van der Waals surface area (Å²) < 4.78 is 0. The minimum Gasteiger partial charge on any atom is -0.299 e. The van der Waals surface area contributed by atoms with Gasteiger partial charge in [-0.2, -0.15) is 0 Å². The molecule has 0 saturated heterocycles. The maximum absolute atomic E-state index is 12.1. The summed E-state index contributed by atoms with van der Waals surface area (Å²) in [6.07, 6.45) is 0.959. The van der Waals surface area contributed by atoms with Crippen LogP contribution in [0.1, 0.15) is 22.3 Å². The topological polar surface area (TPSA) is 17.1 Å². The van der Waals surface area contributed by atoms with Gasteiger partial charge in [-0.3, -0.25) is 4.79 Å². The highest BCUT2D eigenvalue weighted by molar-refractivity contribution is 6.30. The van der Waals surface area contributed by atoms with E-state index in [2.05, 4.69) is 18.2 Å². The molecular formula is C17H17ClO. The first-order chi connectivity index (χ1) is 9.04. The number of rotatable bonds is 4. The Kier molecular flexibility index (Phi) is 4.39. The van der Waals surface area contributed by atoms with Crippen molar-refractivity contribution >= 4 is 17.4 Å². The molecule has 0 spiro atoms. The molecule has 0 aromatic heterocycles. The van der Waals surface area contributed by atoms with Gasteiger partial charge in [0.15, 0.2) is 0 Å². The third-order valence-electron chi connectivity index (χ3n) is 3.21. The van der Waals surface area contributed by atoms with Crippen LogP contribution in [0, 0.1) is 13.8 Å². The SMILES string of the molecule is Cc1ccc(C)c(CC(=O)Cc2ccc(Cl)cc2)c1. The summed E-state index contributed by atoms with van der Waals surface area (Å²) in [6, 6.07) is 13.7. The molecule has 0 heterocycles. The maximum atomic E-state index is 12.1. The number of aryl methyl sites for hydroxylation is 2. The molecule has 0 amide bonds. The zero-order valence-electron chi connectivity index (χ0n) is 11.2. The molecule has 0 fully saturated rings. The lowest BCUT2D eigenvalue weighted by molar-refractivity contribution is -0.117. The van der Waals surface area contributed by atoms with E-state index in [1.807, 2.05) is 38.1 Å². The van der Waals surface area contributed by atoms with Crippen LogP contribution in [0.4, 0.5) is 0 Å². The van der Waals surface area contributed by atoms with Gasteiger partial charge in [0.25, 0.3) is 0 Å². The number of hydrogen-bond donors (Lipinski definition) is 0. The van der Waals surface area contributed by atoms with Crippen molar-refractivity contribution in [1.29, 1.82) is 0 Å². The number of hydrogen-bond acceptors (Lipinski definition) is 1. The summed E-state index contributed by atoms with van der Waals surface area (Å²) in [5.41, 5.74) is 4.51. The van der Waals surface area contributed by atoms with Crippen molar-refractivity contribution in [2.24, 2.45) is 0 Å². The third-order valence-corrected chi connectivity index (χ3v) is 3.46. The van der Waals surface area contributed by atoms with E-state index in [4.69, 9.17) is 11.6 Å². The van der Waals surface area contributed by atoms with Gasteiger partial charge in [0, 0.05) is 17.9 Å². The Morgan fingerprint density at radius 3 is 2.37 bits per heavy atom. The van der Waals surface area contributed by atoms with Crippen molar-refractivity contribution in [2.45, 2.75) is 26.7 Å². The number of carbonyl (C=O) groups excluding carboxylic acids is 1. The van der Waals surface area contributed by atoms with Gasteiger partial charge in [-0.15, -0.1) is 0 Å². The van der Waals surface area contributed by atoms with E-state index in [9.17, 15) is 4.79 Å². The van der Waals surface area contributed by atoms with Gasteiger partial charge < -0.3 is 0 Å². The molecule has 1 nitrogen and oxygen atoms in total. The Balaban J connectivity index is 2.05. The van der Waals surface area contributed by atoms with E-state index in [0.29, 0.717) is 17.9 Å². The summed E-state index contributed by atoms with van der Waals surface area (Å²) in [7, 11) is 0. The molecular weight excluding hydrogens is 256 g/mol. The fourth-order valence-electron chi connectivity index (χ4n) is 2.10. The predicted molar refractivity (Wildman–Crippen MR) is 79.8 cm³/mol. The lowest BCUT2D eigenvalue weighted by Crippen LogP contribution is -2.07. The first-order valence-electron chi connectivity index (χ1n) is 6.37. The molecule has 2 rings (SSSR count). The van der Waals surface area contributed by atoms with Crippen LogP contribution in [0.2, 0.25) is 5.02 Å². The highest BCUT2D eigenvalue weighted by atomic mass is 35.5. The normalized spacial score (nSPS) is 10.5. The molecule has 0 saturated carbocycles. The van der Waals surface area contributed by atoms with Crippen molar-refractivity contribution < 1.29 is 4.79 Å². The van der Waals surface area contributed by atoms with Gasteiger partial charge in [-0.05, 0) is 42.7 Å². The van der Waals surface area contributed by atoms with Crippen LogP contribution in [0.25, 0.3) is 0 Å². The predicted octanol–water partition coefficient (Wildman–Crippen LogP) is 4.31. The second kappa shape index (κ2) is 6.03. The van der Waals surface area contributed by atoms with Crippen LogP contribution >= 0.6 is 11.6 Å². The first-order valence-corrected chi connectivity index (χ1v) is 6.74. The number of ketones is 1. The molecule has 2 aromatic carbocycles. The van der Waals surface area contributed by atoms with Crippen molar-refractivity contribution in [3.63, 3.8) is 0 Å². The van der Waals surface area contributed by atoms with Crippen LogP contribution < -0.4 is 0 Å². The van der Waals surface area contributed by atoms with E-state index in [-0.39, 0.29) is 5.78 Å².